The third kappa shape index (κ3) is 3.19. The summed E-state index contributed by atoms with van der Waals surface area (Å²) in [6.07, 6.45) is 6.03. The highest BCUT2D eigenvalue weighted by Crippen LogP contribution is 2.30. The van der Waals surface area contributed by atoms with Crippen LogP contribution in [-0.2, 0) is 4.79 Å². The van der Waals surface area contributed by atoms with E-state index in [1.165, 1.54) is 30.7 Å². The van der Waals surface area contributed by atoms with E-state index < -0.39 is 4.92 Å². The van der Waals surface area contributed by atoms with Crippen molar-refractivity contribution in [1.29, 1.82) is 0 Å². The molecular formula is C15H15N3O3S. The summed E-state index contributed by atoms with van der Waals surface area (Å²) in [5.74, 6) is -0.250. The molecule has 0 aromatic heterocycles. The molecule has 1 aliphatic carbocycles. The summed E-state index contributed by atoms with van der Waals surface area (Å²) >= 11 is 1.25. The van der Waals surface area contributed by atoms with Crippen LogP contribution in [0.2, 0.25) is 0 Å². The number of nitrogens with one attached hydrogen (secondary N) is 1. The van der Waals surface area contributed by atoms with Crippen molar-refractivity contribution in [2.45, 2.75) is 31.7 Å². The fourth-order valence-corrected chi connectivity index (χ4v) is 3.49. The lowest BCUT2D eigenvalue weighted by Crippen LogP contribution is -2.21. The number of carbonyl (C=O) groups excluding carboxylic acids is 1. The number of para-hydroxylation sites is 1. The Bertz CT molecular complexity index is 678. The van der Waals surface area contributed by atoms with E-state index in [4.69, 9.17) is 0 Å². The van der Waals surface area contributed by atoms with Gasteiger partial charge in [-0.15, -0.1) is 0 Å². The van der Waals surface area contributed by atoms with E-state index >= 15 is 0 Å². The minimum Gasteiger partial charge on any atom is -0.301 e. The third-order valence-corrected chi connectivity index (χ3v) is 4.62. The normalized spacial score (nSPS) is 22.5. The molecule has 0 bridgehead atoms. The van der Waals surface area contributed by atoms with Gasteiger partial charge in [-0.2, -0.15) is 0 Å². The summed E-state index contributed by atoms with van der Waals surface area (Å²) in [6, 6.07) is 6.66. The maximum Gasteiger partial charge on any atom is 0.276 e. The van der Waals surface area contributed by atoms with Gasteiger partial charge in [0.05, 0.1) is 21.4 Å². The van der Waals surface area contributed by atoms with Crippen LogP contribution >= 0.6 is 11.8 Å². The number of benzene rings is 1. The molecule has 1 aliphatic heterocycles. The average molecular weight is 317 g/mol. The van der Waals surface area contributed by atoms with Crippen LogP contribution in [0.4, 0.5) is 5.69 Å². The lowest BCUT2D eigenvalue weighted by atomic mass is 10.1. The van der Waals surface area contributed by atoms with Gasteiger partial charge in [0.1, 0.15) is 0 Å². The number of hydrogen-bond acceptors (Lipinski definition) is 5. The van der Waals surface area contributed by atoms with Crippen LogP contribution in [0.25, 0.3) is 6.08 Å². The summed E-state index contributed by atoms with van der Waals surface area (Å²) in [5.41, 5.74) is 0.414. The third-order valence-electron chi connectivity index (χ3n) is 3.70. The second-order valence-corrected chi connectivity index (χ2v) is 6.28. The van der Waals surface area contributed by atoms with Crippen molar-refractivity contribution in [3.8, 4) is 0 Å². The van der Waals surface area contributed by atoms with Gasteiger partial charge in [0.15, 0.2) is 5.17 Å². The van der Waals surface area contributed by atoms with Crippen LogP contribution in [0.3, 0.4) is 0 Å². The number of nitrogens with zero attached hydrogens (tertiary/aromatic N) is 2. The standard InChI is InChI=1S/C15H15N3O3S/c19-14-13(9-10-5-1-4-8-12(10)18(20)21)22-15(17-14)16-11-6-2-3-7-11/h1,4-5,8-9,11H,2-3,6-7H2,(H,16,17,19)/b13-9-. The van der Waals surface area contributed by atoms with Gasteiger partial charge < -0.3 is 5.32 Å². The topological polar surface area (TPSA) is 84.6 Å². The molecule has 0 unspecified atom stereocenters. The number of amides is 1. The van der Waals surface area contributed by atoms with Crippen molar-refractivity contribution in [1.82, 2.24) is 5.32 Å². The maximum absolute atomic E-state index is 12.0. The number of nitro benzene ring substituents is 1. The zero-order chi connectivity index (χ0) is 15.5. The van der Waals surface area contributed by atoms with Crippen LogP contribution in [0.15, 0.2) is 34.2 Å². The summed E-state index contributed by atoms with van der Waals surface area (Å²) in [4.78, 5) is 27.5. The van der Waals surface area contributed by atoms with Crippen molar-refractivity contribution in [3.05, 3.63) is 44.8 Å². The van der Waals surface area contributed by atoms with Crippen molar-refractivity contribution in [2.75, 3.05) is 0 Å². The first-order chi connectivity index (χ1) is 10.6. The van der Waals surface area contributed by atoms with Gasteiger partial charge in [0.2, 0.25) is 0 Å². The Kier molecular flexibility index (Phi) is 4.24. The van der Waals surface area contributed by atoms with Crippen LogP contribution in [-0.4, -0.2) is 22.0 Å². The van der Waals surface area contributed by atoms with Crippen LogP contribution < -0.4 is 5.32 Å². The minimum absolute atomic E-state index is 0.00965. The van der Waals surface area contributed by atoms with E-state index in [2.05, 4.69) is 10.3 Å². The van der Waals surface area contributed by atoms with Gasteiger partial charge >= 0.3 is 0 Å². The number of thioether (sulfide) groups is 1. The van der Waals surface area contributed by atoms with E-state index in [9.17, 15) is 14.9 Å². The van der Waals surface area contributed by atoms with Gasteiger partial charge in [0, 0.05) is 6.07 Å². The number of aliphatic imine (C=N–C) groups is 1. The zero-order valence-corrected chi connectivity index (χ0v) is 12.6. The second-order valence-electron chi connectivity index (χ2n) is 5.25. The van der Waals surface area contributed by atoms with Gasteiger partial charge in [-0.05, 0) is 36.7 Å². The predicted octanol–water partition coefficient (Wildman–Crippen LogP) is 3.10. The molecule has 1 amide bonds. The van der Waals surface area contributed by atoms with E-state index in [0.29, 0.717) is 15.6 Å². The molecule has 22 heavy (non-hydrogen) atoms. The summed E-state index contributed by atoms with van der Waals surface area (Å²) in [7, 11) is 0. The molecule has 1 saturated heterocycles. The Labute approximate surface area is 131 Å². The molecule has 1 heterocycles. The molecule has 0 spiro atoms. The van der Waals surface area contributed by atoms with Crippen LogP contribution in [0.1, 0.15) is 31.2 Å². The Morgan fingerprint density at radius 2 is 2.05 bits per heavy atom. The SMILES string of the molecule is O=C1NC(=NC2CCCC2)S/C1=C\c1ccccc1[N+](=O)[O-]. The second kappa shape index (κ2) is 6.31. The highest BCUT2D eigenvalue weighted by molar-refractivity contribution is 8.18. The fourth-order valence-electron chi connectivity index (χ4n) is 2.60. The number of nitro groups is 1. The fraction of sp³-hybridized carbons (Fsp3) is 0.333. The smallest absolute Gasteiger partial charge is 0.276 e. The van der Waals surface area contributed by atoms with E-state index in [0.717, 1.165) is 12.8 Å². The van der Waals surface area contributed by atoms with E-state index in [1.54, 1.807) is 24.3 Å². The molecule has 7 heteroatoms. The highest BCUT2D eigenvalue weighted by atomic mass is 32.2. The van der Waals surface area contributed by atoms with Gasteiger partial charge in [-0.1, -0.05) is 25.0 Å². The van der Waals surface area contributed by atoms with Gasteiger partial charge in [0.25, 0.3) is 11.6 Å². The zero-order valence-electron chi connectivity index (χ0n) is 11.8. The number of rotatable bonds is 3. The predicted molar refractivity (Wildman–Crippen MR) is 86.5 cm³/mol. The van der Waals surface area contributed by atoms with Crippen LogP contribution in [0, 0.1) is 10.1 Å². The molecular weight excluding hydrogens is 302 g/mol. The molecule has 114 valence electrons. The molecule has 2 fully saturated rings. The quantitative estimate of drug-likeness (QED) is 0.527. The number of carbonyl (C=O) groups is 1. The number of hydrogen-bond donors (Lipinski definition) is 1. The van der Waals surface area contributed by atoms with Crippen LogP contribution in [0.5, 0.6) is 0 Å². The maximum atomic E-state index is 12.0. The van der Waals surface area contributed by atoms with Crippen molar-refractivity contribution >= 4 is 34.6 Å². The molecule has 1 aromatic carbocycles. The highest BCUT2D eigenvalue weighted by Gasteiger charge is 2.26. The van der Waals surface area contributed by atoms with Crippen molar-refractivity contribution in [3.63, 3.8) is 0 Å². The molecule has 1 N–H and O–H groups in total. The minimum atomic E-state index is -0.447. The van der Waals surface area contributed by atoms with E-state index in [-0.39, 0.29) is 17.6 Å². The van der Waals surface area contributed by atoms with Gasteiger partial charge in [-0.25, -0.2) is 0 Å². The van der Waals surface area contributed by atoms with E-state index in [1.807, 2.05) is 0 Å². The molecule has 1 aromatic rings. The lowest BCUT2D eigenvalue weighted by molar-refractivity contribution is -0.385. The molecule has 2 aliphatic rings. The monoisotopic (exact) mass is 317 g/mol. The first-order valence-corrected chi connectivity index (χ1v) is 7.97. The average Bonchev–Trinajstić information content (AvgIpc) is 3.10. The van der Waals surface area contributed by atoms with Gasteiger partial charge in [-0.3, -0.25) is 19.9 Å². The summed E-state index contributed by atoms with van der Waals surface area (Å²) in [6.45, 7) is 0. The molecule has 1 saturated carbocycles. The molecule has 6 nitrogen and oxygen atoms in total. The molecule has 0 radical (unpaired) electrons. The Hall–Kier alpha value is -2.15. The first kappa shape index (κ1) is 14.8. The Balaban J connectivity index is 1.83. The first-order valence-electron chi connectivity index (χ1n) is 7.15. The molecule has 0 atom stereocenters. The Morgan fingerprint density at radius 3 is 2.77 bits per heavy atom. The molecule has 3 rings (SSSR count). The summed E-state index contributed by atoms with van der Waals surface area (Å²) in [5, 5.41) is 14.4. The summed E-state index contributed by atoms with van der Waals surface area (Å²) < 4.78 is 0. The largest absolute Gasteiger partial charge is 0.301 e. The van der Waals surface area contributed by atoms with Crippen molar-refractivity contribution in [2.24, 2.45) is 4.99 Å². The number of amidine groups is 1. The van der Waals surface area contributed by atoms with Crippen molar-refractivity contribution < 1.29 is 9.72 Å². The Morgan fingerprint density at radius 1 is 1.32 bits per heavy atom. The lowest BCUT2D eigenvalue weighted by Gasteiger charge is -2.02.